The van der Waals surface area contributed by atoms with Crippen molar-refractivity contribution in [3.8, 4) is 0 Å². The van der Waals surface area contributed by atoms with E-state index < -0.39 is 0 Å². The minimum absolute atomic E-state index is 0.0145. The highest BCUT2D eigenvalue weighted by Gasteiger charge is 2.21. The van der Waals surface area contributed by atoms with Gasteiger partial charge in [-0.15, -0.1) is 0 Å². The first kappa shape index (κ1) is 21.3. The molecule has 1 amide bonds. The smallest absolute Gasteiger partial charge is 0.220 e. The summed E-state index contributed by atoms with van der Waals surface area (Å²) in [4.78, 5) is 27.1. The van der Waals surface area contributed by atoms with Gasteiger partial charge in [0, 0.05) is 44.1 Å². The Kier molecular flexibility index (Phi) is 7.21. The van der Waals surface area contributed by atoms with Gasteiger partial charge in [0.25, 0.3) is 0 Å². The lowest BCUT2D eigenvalue weighted by atomic mass is 10.0. The molecule has 1 saturated heterocycles. The summed E-state index contributed by atoms with van der Waals surface area (Å²) >= 11 is 0. The Labute approximate surface area is 174 Å². The van der Waals surface area contributed by atoms with E-state index in [9.17, 15) is 9.59 Å². The van der Waals surface area contributed by atoms with Gasteiger partial charge in [-0.25, -0.2) is 0 Å². The van der Waals surface area contributed by atoms with Crippen molar-refractivity contribution < 1.29 is 9.59 Å². The van der Waals surface area contributed by atoms with E-state index in [1.807, 2.05) is 32.0 Å². The summed E-state index contributed by atoms with van der Waals surface area (Å²) in [6, 6.07) is 14.6. The van der Waals surface area contributed by atoms with Crippen LogP contribution in [0.3, 0.4) is 0 Å². The fraction of sp³-hybridized carbons (Fsp3) is 0.440. The van der Waals surface area contributed by atoms with Gasteiger partial charge in [-0.2, -0.15) is 0 Å². The molecular weight excluding hydrogens is 360 g/mol. The monoisotopic (exact) mass is 392 g/mol. The van der Waals surface area contributed by atoms with Gasteiger partial charge >= 0.3 is 0 Å². The predicted molar refractivity (Wildman–Crippen MR) is 117 cm³/mol. The summed E-state index contributed by atoms with van der Waals surface area (Å²) in [5.41, 5.74) is 5.62. The number of carbonyl (C=O) groups is 2. The van der Waals surface area contributed by atoms with E-state index in [0.29, 0.717) is 5.56 Å². The highest BCUT2D eigenvalue weighted by atomic mass is 16.2. The molecule has 4 nitrogen and oxygen atoms in total. The molecule has 0 unspecified atom stereocenters. The van der Waals surface area contributed by atoms with Crippen LogP contribution in [0.5, 0.6) is 0 Å². The first-order chi connectivity index (χ1) is 13.9. The van der Waals surface area contributed by atoms with Gasteiger partial charge in [0.15, 0.2) is 5.78 Å². The van der Waals surface area contributed by atoms with Crippen LogP contribution in [0.2, 0.25) is 0 Å². The molecule has 2 aromatic rings. The number of piperidine rings is 1. The Morgan fingerprint density at radius 2 is 1.72 bits per heavy atom. The summed E-state index contributed by atoms with van der Waals surface area (Å²) in [6.07, 6.45) is 2.45. The fourth-order valence-corrected chi connectivity index (χ4v) is 3.89. The van der Waals surface area contributed by atoms with Crippen molar-refractivity contribution in [2.75, 3.05) is 13.1 Å². The second kappa shape index (κ2) is 9.84. The minimum Gasteiger partial charge on any atom is -0.353 e. The normalized spacial score (nSPS) is 15.3. The maximum Gasteiger partial charge on any atom is 0.220 e. The number of nitrogens with zero attached hydrogens (tertiary/aromatic N) is 1. The Balaban J connectivity index is 1.39. The molecule has 1 fully saturated rings. The van der Waals surface area contributed by atoms with Gasteiger partial charge in [0.2, 0.25) is 5.91 Å². The largest absolute Gasteiger partial charge is 0.353 e. The summed E-state index contributed by atoms with van der Waals surface area (Å²) in [6.45, 7) is 9.09. The molecule has 1 N–H and O–H groups in total. The van der Waals surface area contributed by atoms with E-state index in [4.69, 9.17) is 0 Å². The van der Waals surface area contributed by atoms with Crippen LogP contribution in [-0.4, -0.2) is 35.7 Å². The quantitative estimate of drug-likeness (QED) is 0.713. The van der Waals surface area contributed by atoms with Crippen molar-refractivity contribution >= 4 is 11.7 Å². The molecule has 2 aromatic carbocycles. The van der Waals surface area contributed by atoms with E-state index >= 15 is 0 Å². The standard InChI is InChI=1S/C25H32N2O2/c1-18-5-4-6-21(15-18)17-27-13-11-23(12-14-27)26-25(29)10-9-24(28)22-8-7-19(2)20(3)16-22/h4-8,15-16,23H,9-14,17H2,1-3H3,(H,26,29). The van der Waals surface area contributed by atoms with Gasteiger partial charge in [0.05, 0.1) is 0 Å². The lowest BCUT2D eigenvalue weighted by Crippen LogP contribution is -2.44. The van der Waals surface area contributed by atoms with Crippen LogP contribution in [0.25, 0.3) is 0 Å². The first-order valence-electron chi connectivity index (χ1n) is 10.6. The zero-order valence-corrected chi connectivity index (χ0v) is 17.8. The van der Waals surface area contributed by atoms with Crippen LogP contribution in [0, 0.1) is 20.8 Å². The van der Waals surface area contributed by atoms with Crippen molar-refractivity contribution in [3.05, 3.63) is 70.3 Å². The van der Waals surface area contributed by atoms with Crippen LogP contribution in [0.4, 0.5) is 0 Å². The van der Waals surface area contributed by atoms with Crippen LogP contribution in [0.15, 0.2) is 42.5 Å². The molecule has 1 aliphatic heterocycles. The van der Waals surface area contributed by atoms with Crippen molar-refractivity contribution in [1.29, 1.82) is 0 Å². The molecule has 0 aliphatic carbocycles. The van der Waals surface area contributed by atoms with Crippen molar-refractivity contribution in [1.82, 2.24) is 10.2 Å². The fourth-order valence-electron chi connectivity index (χ4n) is 3.89. The Morgan fingerprint density at radius 3 is 2.41 bits per heavy atom. The molecule has 29 heavy (non-hydrogen) atoms. The van der Waals surface area contributed by atoms with Gasteiger partial charge in [-0.05, 0) is 56.4 Å². The zero-order chi connectivity index (χ0) is 20.8. The van der Waals surface area contributed by atoms with Crippen molar-refractivity contribution in [2.24, 2.45) is 0 Å². The number of aryl methyl sites for hydroxylation is 3. The molecule has 0 aromatic heterocycles. The molecule has 154 valence electrons. The summed E-state index contributed by atoms with van der Waals surface area (Å²) < 4.78 is 0. The number of amides is 1. The average molecular weight is 393 g/mol. The maximum absolute atomic E-state index is 12.4. The Bertz CT molecular complexity index is 867. The molecule has 0 saturated carbocycles. The van der Waals surface area contributed by atoms with Gasteiger partial charge < -0.3 is 5.32 Å². The number of hydrogen-bond acceptors (Lipinski definition) is 3. The van der Waals surface area contributed by atoms with Crippen molar-refractivity contribution in [3.63, 3.8) is 0 Å². The number of likely N-dealkylation sites (tertiary alicyclic amines) is 1. The minimum atomic E-state index is -0.0145. The number of ketones is 1. The third-order valence-corrected chi connectivity index (χ3v) is 5.85. The van der Waals surface area contributed by atoms with Crippen LogP contribution >= 0.6 is 0 Å². The molecular formula is C25H32N2O2. The van der Waals surface area contributed by atoms with E-state index in [0.717, 1.165) is 38.0 Å². The lowest BCUT2D eigenvalue weighted by Gasteiger charge is -2.32. The molecule has 1 aliphatic rings. The maximum atomic E-state index is 12.4. The summed E-state index contributed by atoms with van der Waals surface area (Å²) in [5, 5.41) is 3.12. The molecule has 3 rings (SSSR count). The van der Waals surface area contributed by atoms with E-state index in [2.05, 4.69) is 41.4 Å². The molecule has 0 atom stereocenters. The van der Waals surface area contributed by atoms with E-state index in [1.165, 1.54) is 16.7 Å². The van der Waals surface area contributed by atoms with Gasteiger partial charge in [0.1, 0.15) is 0 Å². The number of carbonyl (C=O) groups excluding carboxylic acids is 2. The number of hydrogen-bond donors (Lipinski definition) is 1. The lowest BCUT2D eigenvalue weighted by molar-refractivity contribution is -0.122. The number of rotatable bonds is 7. The van der Waals surface area contributed by atoms with Crippen LogP contribution < -0.4 is 5.32 Å². The number of nitrogens with one attached hydrogen (secondary N) is 1. The predicted octanol–water partition coefficient (Wildman–Crippen LogP) is 4.36. The Hall–Kier alpha value is -2.46. The van der Waals surface area contributed by atoms with Crippen molar-refractivity contribution in [2.45, 2.75) is 59.0 Å². The highest BCUT2D eigenvalue weighted by molar-refractivity contribution is 5.98. The highest BCUT2D eigenvalue weighted by Crippen LogP contribution is 2.16. The van der Waals surface area contributed by atoms with Crippen LogP contribution in [-0.2, 0) is 11.3 Å². The molecule has 4 heteroatoms. The van der Waals surface area contributed by atoms with Gasteiger partial charge in [-0.3, -0.25) is 14.5 Å². The van der Waals surface area contributed by atoms with E-state index in [1.54, 1.807) is 0 Å². The molecule has 1 heterocycles. The van der Waals surface area contributed by atoms with Crippen LogP contribution in [0.1, 0.15) is 58.3 Å². The Morgan fingerprint density at radius 1 is 0.966 bits per heavy atom. The SMILES string of the molecule is Cc1cccc(CN2CCC(NC(=O)CCC(=O)c3ccc(C)c(C)c3)CC2)c1. The summed E-state index contributed by atoms with van der Waals surface area (Å²) in [7, 11) is 0. The molecule has 0 spiro atoms. The molecule has 0 radical (unpaired) electrons. The molecule has 0 bridgehead atoms. The second-order valence-electron chi connectivity index (χ2n) is 8.33. The topological polar surface area (TPSA) is 49.4 Å². The summed E-state index contributed by atoms with van der Waals surface area (Å²) in [5.74, 6) is 0.0236. The number of benzene rings is 2. The second-order valence-corrected chi connectivity index (χ2v) is 8.33. The zero-order valence-electron chi connectivity index (χ0n) is 17.8. The first-order valence-corrected chi connectivity index (χ1v) is 10.6. The van der Waals surface area contributed by atoms with Gasteiger partial charge in [-0.1, -0.05) is 42.0 Å². The number of Topliss-reactive ketones (excluding diaryl/α,β-unsaturated/α-hetero) is 1. The third kappa shape index (κ3) is 6.26. The average Bonchev–Trinajstić information content (AvgIpc) is 2.70. The third-order valence-electron chi connectivity index (χ3n) is 5.85. The van der Waals surface area contributed by atoms with E-state index in [-0.39, 0.29) is 30.6 Å².